The van der Waals surface area contributed by atoms with E-state index >= 15 is 0 Å². The van der Waals surface area contributed by atoms with Crippen molar-refractivity contribution in [2.24, 2.45) is 0 Å². The van der Waals surface area contributed by atoms with Crippen LogP contribution in [-0.4, -0.2) is 43.2 Å². The van der Waals surface area contributed by atoms with Crippen LogP contribution in [-0.2, 0) is 9.59 Å². The molecule has 0 aromatic heterocycles. The van der Waals surface area contributed by atoms with Gasteiger partial charge in [0.25, 0.3) is 11.7 Å². The number of benzene rings is 3. The van der Waals surface area contributed by atoms with Crippen molar-refractivity contribution in [3.63, 3.8) is 0 Å². The molecule has 0 bridgehead atoms. The number of amides is 1. The van der Waals surface area contributed by atoms with Gasteiger partial charge in [-0.1, -0.05) is 30.3 Å². The molecular formula is C26H23NO7. The zero-order valence-corrected chi connectivity index (χ0v) is 18.8. The van der Waals surface area contributed by atoms with Gasteiger partial charge in [0.05, 0.1) is 38.6 Å². The molecule has 3 aromatic carbocycles. The fourth-order valence-electron chi connectivity index (χ4n) is 4.07. The maximum Gasteiger partial charge on any atom is 0.300 e. The summed E-state index contributed by atoms with van der Waals surface area (Å²) in [7, 11) is 4.37. The van der Waals surface area contributed by atoms with E-state index in [4.69, 9.17) is 14.2 Å². The van der Waals surface area contributed by atoms with E-state index in [1.54, 1.807) is 54.6 Å². The zero-order chi connectivity index (χ0) is 24.4. The van der Waals surface area contributed by atoms with E-state index in [0.29, 0.717) is 11.3 Å². The summed E-state index contributed by atoms with van der Waals surface area (Å²) < 4.78 is 16.0. The molecule has 1 amide bonds. The van der Waals surface area contributed by atoms with Gasteiger partial charge in [0.15, 0.2) is 0 Å². The van der Waals surface area contributed by atoms with Crippen LogP contribution >= 0.6 is 0 Å². The fourth-order valence-corrected chi connectivity index (χ4v) is 4.07. The highest BCUT2D eigenvalue weighted by molar-refractivity contribution is 6.52. The Hall–Kier alpha value is -4.46. The third-order valence-electron chi connectivity index (χ3n) is 5.68. The standard InChI is InChI=1S/C26H23NO7/c1-32-16-13-11-15(12-14-16)23-22(24(29)21-19(33-2)9-6-10-20(21)34-3)25(30)26(31)27(23)17-7-4-5-8-18(17)28/h4-14,23,28-29H,1-3H3/b24-22+. The number of methoxy groups -OCH3 is 3. The van der Waals surface area contributed by atoms with Crippen molar-refractivity contribution in [3.8, 4) is 23.0 Å². The third kappa shape index (κ3) is 3.69. The number of aromatic hydroxyl groups is 1. The van der Waals surface area contributed by atoms with Crippen LogP contribution in [0.4, 0.5) is 5.69 Å². The summed E-state index contributed by atoms with van der Waals surface area (Å²) >= 11 is 0. The monoisotopic (exact) mass is 461 g/mol. The molecule has 1 unspecified atom stereocenters. The summed E-state index contributed by atoms with van der Waals surface area (Å²) in [6.45, 7) is 0. The normalized spacial score (nSPS) is 17.0. The lowest BCUT2D eigenvalue weighted by atomic mass is 9.94. The van der Waals surface area contributed by atoms with E-state index in [-0.39, 0.29) is 34.1 Å². The Morgan fingerprint density at radius 1 is 0.824 bits per heavy atom. The van der Waals surface area contributed by atoms with Crippen molar-refractivity contribution >= 4 is 23.1 Å². The van der Waals surface area contributed by atoms with Crippen LogP contribution in [0.5, 0.6) is 23.0 Å². The van der Waals surface area contributed by atoms with Gasteiger partial charge in [0.2, 0.25) is 0 Å². The second kappa shape index (κ2) is 9.19. The second-order valence-corrected chi connectivity index (χ2v) is 7.47. The van der Waals surface area contributed by atoms with Gasteiger partial charge in [-0.25, -0.2) is 0 Å². The van der Waals surface area contributed by atoms with Crippen LogP contribution in [0.3, 0.4) is 0 Å². The summed E-state index contributed by atoms with van der Waals surface area (Å²) in [5, 5.41) is 21.9. The smallest absolute Gasteiger partial charge is 0.300 e. The molecule has 0 saturated carbocycles. The highest BCUT2D eigenvalue weighted by Crippen LogP contribution is 2.46. The number of rotatable bonds is 6. The van der Waals surface area contributed by atoms with Crippen molar-refractivity contribution in [2.45, 2.75) is 6.04 Å². The quantitative estimate of drug-likeness (QED) is 0.324. The lowest BCUT2D eigenvalue weighted by Crippen LogP contribution is -2.29. The molecular weight excluding hydrogens is 438 g/mol. The maximum absolute atomic E-state index is 13.3. The summed E-state index contributed by atoms with van der Waals surface area (Å²) in [6.07, 6.45) is 0. The topological polar surface area (TPSA) is 106 Å². The van der Waals surface area contributed by atoms with Gasteiger partial charge in [0.1, 0.15) is 34.3 Å². The highest BCUT2D eigenvalue weighted by atomic mass is 16.5. The predicted molar refractivity (Wildman–Crippen MR) is 125 cm³/mol. The number of ketones is 1. The largest absolute Gasteiger partial charge is 0.506 e. The number of hydrogen-bond acceptors (Lipinski definition) is 7. The predicted octanol–water partition coefficient (Wildman–Crippen LogP) is 4.04. The molecule has 0 radical (unpaired) electrons. The molecule has 1 heterocycles. The number of hydrogen-bond donors (Lipinski definition) is 2. The van der Waals surface area contributed by atoms with Crippen molar-refractivity contribution in [1.82, 2.24) is 0 Å². The number of nitrogens with zero attached hydrogens (tertiary/aromatic N) is 1. The van der Waals surface area contributed by atoms with Crippen LogP contribution in [0.25, 0.3) is 5.76 Å². The molecule has 8 heteroatoms. The van der Waals surface area contributed by atoms with Crippen LogP contribution in [0.2, 0.25) is 0 Å². The summed E-state index contributed by atoms with van der Waals surface area (Å²) in [5.41, 5.74) is 0.637. The first-order chi connectivity index (χ1) is 16.4. The molecule has 3 aromatic rings. The van der Waals surface area contributed by atoms with Gasteiger partial charge < -0.3 is 24.4 Å². The Balaban J connectivity index is 2.02. The van der Waals surface area contributed by atoms with Crippen molar-refractivity contribution < 1.29 is 34.0 Å². The number of aliphatic hydroxyl groups is 1. The number of aliphatic hydroxyl groups excluding tert-OH is 1. The van der Waals surface area contributed by atoms with Gasteiger partial charge in [0, 0.05) is 0 Å². The van der Waals surface area contributed by atoms with Gasteiger partial charge >= 0.3 is 0 Å². The van der Waals surface area contributed by atoms with Gasteiger partial charge in [-0.15, -0.1) is 0 Å². The number of para-hydroxylation sites is 2. The average Bonchev–Trinajstić information content (AvgIpc) is 3.13. The fraction of sp³-hybridized carbons (Fsp3) is 0.154. The SMILES string of the molecule is COc1ccc(C2/C(=C(\O)c3c(OC)cccc3OC)C(=O)C(=O)N2c2ccccc2O)cc1. The molecule has 1 saturated heterocycles. The molecule has 8 nitrogen and oxygen atoms in total. The molecule has 2 N–H and O–H groups in total. The molecule has 1 aliphatic heterocycles. The maximum atomic E-state index is 13.3. The summed E-state index contributed by atoms with van der Waals surface area (Å²) in [5.74, 6) is -1.33. The molecule has 1 aliphatic rings. The molecule has 1 fully saturated rings. The molecule has 1 atom stereocenters. The molecule has 34 heavy (non-hydrogen) atoms. The number of phenolic OH excluding ortho intramolecular Hbond substituents is 1. The molecule has 174 valence electrons. The van der Waals surface area contributed by atoms with Crippen LogP contribution in [0.1, 0.15) is 17.2 Å². The lowest BCUT2D eigenvalue weighted by molar-refractivity contribution is -0.132. The minimum atomic E-state index is -1.03. The van der Waals surface area contributed by atoms with Gasteiger partial charge in [-0.05, 0) is 42.0 Å². The van der Waals surface area contributed by atoms with E-state index in [1.165, 1.54) is 38.4 Å². The first kappa shape index (κ1) is 22.7. The van der Waals surface area contributed by atoms with Crippen molar-refractivity contribution in [3.05, 3.63) is 83.4 Å². The van der Waals surface area contributed by atoms with E-state index in [1.807, 2.05) is 0 Å². The molecule has 4 rings (SSSR count). The molecule has 0 aliphatic carbocycles. The Kier molecular flexibility index (Phi) is 6.14. The van der Waals surface area contributed by atoms with E-state index in [2.05, 4.69) is 0 Å². The minimum absolute atomic E-state index is 0.136. The Morgan fingerprint density at radius 2 is 1.44 bits per heavy atom. The van der Waals surface area contributed by atoms with Crippen LogP contribution in [0.15, 0.2) is 72.3 Å². The van der Waals surface area contributed by atoms with E-state index < -0.39 is 23.5 Å². The van der Waals surface area contributed by atoms with Gasteiger partial charge in [-0.2, -0.15) is 0 Å². The number of anilines is 1. The number of carbonyl (C=O) groups excluding carboxylic acids is 2. The van der Waals surface area contributed by atoms with Gasteiger partial charge in [-0.3, -0.25) is 14.5 Å². The zero-order valence-electron chi connectivity index (χ0n) is 18.8. The van der Waals surface area contributed by atoms with E-state index in [9.17, 15) is 19.8 Å². The number of Topliss-reactive ketones (excluding diaryl/α,β-unsaturated/α-hetero) is 1. The van der Waals surface area contributed by atoms with Crippen LogP contribution < -0.4 is 19.1 Å². The number of phenols is 1. The minimum Gasteiger partial charge on any atom is -0.506 e. The van der Waals surface area contributed by atoms with Crippen molar-refractivity contribution in [1.29, 1.82) is 0 Å². The molecule has 0 spiro atoms. The van der Waals surface area contributed by atoms with E-state index in [0.717, 1.165) is 0 Å². The Bertz CT molecular complexity index is 1260. The summed E-state index contributed by atoms with van der Waals surface area (Å²) in [6, 6.07) is 16.8. The average molecular weight is 461 g/mol. The summed E-state index contributed by atoms with van der Waals surface area (Å²) in [4.78, 5) is 27.8. The first-order valence-electron chi connectivity index (χ1n) is 10.4. The lowest BCUT2D eigenvalue weighted by Gasteiger charge is -2.26. The highest BCUT2D eigenvalue weighted by Gasteiger charge is 2.48. The first-order valence-corrected chi connectivity index (χ1v) is 10.4. The van der Waals surface area contributed by atoms with Crippen molar-refractivity contribution in [2.75, 3.05) is 26.2 Å². The number of carbonyl (C=O) groups is 2. The van der Waals surface area contributed by atoms with Crippen LogP contribution in [0, 0.1) is 0 Å². The number of ether oxygens (including phenoxy) is 3. The third-order valence-corrected chi connectivity index (χ3v) is 5.68. The Morgan fingerprint density at radius 3 is 2.00 bits per heavy atom. The Labute approximate surface area is 196 Å². The second-order valence-electron chi connectivity index (χ2n) is 7.47.